The largest absolute Gasteiger partial charge is 0.454 e. The van der Waals surface area contributed by atoms with E-state index in [0.29, 0.717) is 40.3 Å². The number of carbonyl (C=O) groups excluding carboxylic acids is 1. The van der Waals surface area contributed by atoms with Gasteiger partial charge in [0.15, 0.2) is 11.5 Å². The van der Waals surface area contributed by atoms with E-state index in [9.17, 15) is 9.59 Å². The van der Waals surface area contributed by atoms with E-state index in [4.69, 9.17) is 9.47 Å². The molecule has 1 aromatic heterocycles. The monoisotopic (exact) mass is 377 g/mol. The van der Waals surface area contributed by atoms with Crippen LogP contribution in [0.3, 0.4) is 0 Å². The van der Waals surface area contributed by atoms with Gasteiger partial charge in [-0.05, 0) is 37.1 Å². The zero-order chi connectivity index (χ0) is 19.1. The first-order valence-electron chi connectivity index (χ1n) is 9.39. The Labute approximate surface area is 160 Å². The van der Waals surface area contributed by atoms with Crippen LogP contribution in [0.2, 0.25) is 0 Å². The van der Waals surface area contributed by atoms with Crippen molar-refractivity contribution in [1.29, 1.82) is 0 Å². The summed E-state index contributed by atoms with van der Waals surface area (Å²) in [5.41, 5.74) is 1.31. The van der Waals surface area contributed by atoms with Gasteiger partial charge < -0.3 is 14.8 Å². The topological polar surface area (TPSA) is 82.5 Å². The Morgan fingerprint density at radius 2 is 1.96 bits per heavy atom. The first-order valence-corrected chi connectivity index (χ1v) is 9.39. The summed E-state index contributed by atoms with van der Waals surface area (Å²) in [6, 6.07) is 12.9. The van der Waals surface area contributed by atoms with Crippen LogP contribution in [0, 0.1) is 0 Å². The SMILES string of the molecule is O=C(CCc1nc2ccccc2c(=O)n1C1CC1)Nc1ccc2c(c1)OCO2. The predicted octanol–water partition coefficient (Wildman–Crippen LogP) is 3.03. The molecule has 3 aromatic rings. The highest BCUT2D eigenvalue weighted by atomic mass is 16.7. The van der Waals surface area contributed by atoms with Gasteiger partial charge in [-0.25, -0.2) is 4.98 Å². The fourth-order valence-corrected chi connectivity index (χ4v) is 3.50. The molecule has 142 valence electrons. The third-order valence-corrected chi connectivity index (χ3v) is 5.02. The molecule has 0 spiro atoms. The zero-order valence-electron chi connectivity index (χ0n) is 15.2. The number of anilines is 1. The number of rotatable bonds is 5. The van der Waals surface area contributed by atoms with E-state index in [1.54, 1.807) is 28.8 Å². The van der Waals surface area contributed by atoms with E-state index in [1.807, 2.05) is 18.2 Å². The maximum absolute atomic E-state index is 12.9. The molecule has 7 heteroatoms. The minimum Gasteiger partial charge on any atom is -0.454 e. The Hall–Kier alpha value is -3.35. The summed E-state index contributed by atoms with van der Waals surface area (Å²) < 4.78 is 12.4. The van der Waals surface area contributed by atoms with Crippen molar-refractivity contribution in [3.63, 3.8) is 0 Å². The van der Waals surface area contributed by atoms with Gasteiger partial charge in [0.05, 0.1) is 10.9 Å². The molecule has 0 atom stereocenters. The molecule has 1 amide bonds. The number of aromatic nitrogens is 2. The average Bonchev–Trinajstić information content (AvgIpc) is 3.42. The molecule has 1 fully saturated rings. The summed E-state index contributed by atoms with van der Waals surface area (Å²) >= 11 is 0. The zero-order valence-corrected chi connectivity index (χ0v) is 15.2. The van der Waals surface area contributed by atoms with E-state index < -0.39 is 0 Å². The predicted molar refractivity (Wildman–Crippen MR) is 104 cm³/mol. The van der Waals surface area contributed by atoms with E-state index in [0.717, 1.165) is 12.8 Å². The van der Waals surface area contributed by atoms with Crippen molar-refractivity contribution in [3.05, 3.63) is 58.6 Å². The molecule has 0 radical (unpaired) electrons. The second kappa shape index (κ2) is 6.67. The Morgan fingerprint density at radius 3 is 2.82 bits per heavy atom. The van der Waals surface area contributed by atoms with Crippen molar-refractivity contribution in [3.8, 4) is 11.5 Å². The summed E-state index contributed by atoms with van der Waals surface area (Å²) in [5.74, 6) is 1.83. The van der Waals surface area contributed by atoms with Crippen LogP contribution >= 0.6 is 0 Å². The Morgan fingerprint density at radius 1 is 1.14 bits per heavy atom. The molecule has 0 saturated heterocycles. The van der Waals surface area contributed by atoms with Gasteiger partial charge in [0.2, 0.25) is 12.7 Å². The van der Waals surface area contributed by atoms with Crippen molar-refractivity contribution in [2.45, 2.75) is 31.7 Å². The highest BCUT2D eigenvalue weighted by Crippen LogP contribution is 2.35. The number of para-hydroxylation sites is 1. The second-order valence-electron chi connectivity index (χ2n) is 7.07. The lowest BCUT2D eigenvalue weighted by atomic mass is 10.2. The summed E-state index contributed by atoms with van der Waals surface area (Å²) in [6.07, 6.45) is 2.62. The number of ether oxygens (including phenoxy) is 2. The maximum Gasteiger partial charge on any atom is 0.261 e. The number of hydrogen-bond acceptors (Lipinski definition) is 5. The van der Waals surface area contributed by atoms with Crippen LogP contribution in [0.4, 0.5) is 5.69 Å². The highest BCUT2D eigenvalue weighted by Gasteiger charge is 2.28. The Balaban J connectivity index is 1.35. The van der Waals surface area contributed by atoms with Crippen molar-refractivity contribution < 1.29 is 14.3 Å². The molecule has 7 nitrogen and oxygen atoms in total. The van der Waals surface area contributed by atoms with E-state index >= 15 is 0 Å². The third kappa shape index (κ3) is 3.09. The van der Waals surface area contributed by atoms with Gasteiger partial charge in [-0.3, -0.25) is 14.2 Å². The van der Waals surface area contributed by atoms with Crippen molar-refractivity contribution in [2.24, 2.45) is 0 Å². The number of aryl methyl sites for hydroxylation is 1. The van der Waals surface area contributed by atoms with E-state index in [1.165, 1.54) is 0 Å². The van der Waals surface area contributed by atoms with Gasteiger partial charge in [-0.1, -0.05) is 12.1 Å². The van der Waals surface area contributed by atoms with Crippen LogP contribution < -0.4 is 20.3 Å². The smallest absolute Gasteiger partial charge is 0.261 e. The maximum atomic E-state index is 12.9. The van der Waals surface area contributed by atoms with Crippen molar-refractivity contribution >= 4 is 22.5 Å². The molecule has 1 N–H and O–H groups in total. The number of carbonyl (C=O) groups is 1. The lowest BCUT2D eigenvalue weighted by molar-refractivity contribution is -0.116. The number of nitrogens with zero attached hydrogens (tertiary/aromatic N) is 2. The molecule has 0 bridgehead atoms. The van der Waals surface area contributed by atoms with Crippen LogP contribution in [0.25, 0.3) is 10.9 Å². The van der Waals surface area contributed by atoms with Crippen molar-refractivity contribution in [2.75, 3.05) is 12.1 Å². The quantitative estimate of drug-likeness (QED) is 0.739. The van der Waals surface area contributed by atoms with Gasteiger partial charge in [-0.15, -0.1) is 0 Å². The van der Waals surface area contributed by atoms with Crippen LogP contribution in [0.15, 0.2) is 47.3 Å². The van der Waals surface area contributed by atoms with Gasteiger partial charge in [0.1, 0.15) is 5.82 Å². The molecule has 2 heterocycles. The Kier molecular flexibility index (Phi) is 4.00. The van der Waals surface area contributed by atoms with Crippen LogP contribution in [0.1, 0.15) is 31.1 Å². The minimum absolute atomic E-state index is 0.0146. The lowest BCUT2D eigenvalue weighted by Crippen LogP contribution is -2.25. The second-order valence-corrected chi connectivity index (χ2v) is 7.07. The Bertz CT molecular complexity index is 1130. The molecule has 0 unspecified atom stereocenters. The highest BCUT2D eigenvalue weighted by molar-refractivity contribution is 5.91. The molecule has 1 aliphatic heterocycles. The van der Waals surface area contributed by atoms with Gasteiger partial charge in [0, 0.05) is 30.6 Å². The van der Waals surface area contributed by atoms with E-state index in [-0.39, 0.29) is 30.7 Å². The van der Waals surface area contributed by atoms with Gasteiger partial charge in [0.25, 0.3) is 5.56 Å². The number of hydrogen-bond donors (Lipinski definition) is 1. The molecule has 1 aliphatic carbocycles. The van der Waals surface area contributed by atoms with Crippen LogP contribution in [0.5, 0.6) is 11.5 Å². The first-order chi connectivity index (χ1) is 13.7. The van der Waals surface area contributed by atoms with Crippen molar-refractivity contribution in [1.82, 2.24) is 9.55 Å². The number of fused-ring (bicyclic) bond motifs is 2. The van der Waals surface area contributed by atoms with Gasteiger partial charge in [-0.2, -0.15) is 0 Å². The fourth-order valence-electron chi connectivity index (χ4n) is 3.50. The fraction of sp³-hybridized carbons (Fsp3) is 0.286. The minimum atomic E-state index is -0.136. The molecule has 1 saturated carbocycles. The normalized spacial score (nSPS) is 15.0. The van der Waals surface area contributed by atoms with Gasteiger partial charge >= 0.3 is 0 Å². The third-order valence-electron chi connectivity index (χ3n) is 5.02. The summed E-state index contributed by atoms with van der Waals surface area (Å²) in [7, 11) is 0. The summed E-state index contributed by atoms with van der Waals surface area (Å²) in [6.45, 7) is 0.194. The number of benzene rings is 2. The molecular formula is C21H19N3O4. The molecule has 5 rings (SSSR count). The molecule has 2 aliphatic rings. The lowest BCUT2D eigenvalue weighted by Gasteiger charge is -2.13. The first kappa shape index (κ1) is 16.8. The number of amides is 1. The standard InChI is InChI=1S/C21H19N3O4/c25-20(22-13-5-8-17-18(11-13)28-12-27-17)10-9-19-23-16-4-2-1-3-15(16)21(26)24(19)14-6-7-14/h1-5,8,11,14H,6-7,9-10,12H2,(H,22,25). The van der Waals surface area contributed by atoms with Crippen LogP contribution in [-0.4, -0.2) is 22.3 Å². The van der Waals surface area contributed by atoms with Crippen LogP contribution in [-0.2, 0) is 11.2 Å². The average molecular weight is 377 g/mol. The summed E-state index contributed by atoms with van der Waals surface area (Å²) in [5, 5.41) is 3.50. The molecular weight excluding hydrogens is 358 g/mol. The molecule has 2 aromatic carbocycles. The number of nitrogens with one attached hydrogen (secondary N) is 1. The molecule has 28 heavy (non-hydrogen) atoms. The summed E-state index contributed by atoms with van der Waals surface area (Å²) in [4.78, 5) is 30.0. The van der Waals surface area contributed by atoms with E-state index in [2.05, 4.69) is 10.3 Å².